The Morgan fingerprint density at radius 2 is 1.93 bits per heavy atom. The van der Waals surface area contributed by atoms with Gasteiger partial charge in [-0.05, 0) is 36.6 Å². The van der Waals surface area contributed by atoms with Crippen molar-refractivity contribution in [2.45, 2.75) is 38.2 Å². The van der Waals surface area contributed by atoms with E-state index in [1.54, 1.807) is 13.2 Å². The van der Waals surface area contributed by atoms with Gasteiger partial charge in [-0.2, -0.15) is 0 Å². The number of rotatable bonds is 6. The van der Waals surface area contributed by atoms with E-state index in [9.17, 15) is 13.2 Å². The number of hydrazine groups is 1. The highest BCUT2D eigenvalue weighted by Gasteiger charge is 2.32. The molecular formula is C20H23F3N2O2. The van der Waals surface area contributed by atoms with Gasteiger partial charge in [0, 0.05) is 24.7 Å². The quantitative estimate of drug-likeness (QED) is 0.779. The zero-order valence-corrected chi connectivity index (χ0v) is 15.1. The maximum absolute atomic E-state index is 12.5. The molecule has 0 aliphatic carbocycles. The molecule has 0 bridgehead atoms. The Bertz CT molecular complexity index is 752. The van der Waals surface area contributed by atoms with Crippen LogP contribution in [0, 0.1) is 0 Å². The fraction of sp³-hybridized carbons (Fsp3) is 0.400. The van der Waals surface area contributed by atoms with Crippen LogP contribution in [0.2, 0.25) is 0 Å². The van der Waals surface area contributed by atoms with E-state index in [1.807, 2.05) is 30.3 Å². The molecule has 4 nitrogen and oxygen atoms in total. The minimum Gasteiger partial charge on any atom is -0.496 e. The van der Waals surface area contributed by atoms with E-state index < -0.39 is 6.36 Å². The Morgan fingerprint density at radius 3 is 2.70 bits per heavy atom. The molecule has 2 aromatic carbocycles. The fourth-order valence-corrected chi connectivity index (χ4v) is 3.42. The number of nitrogens with one attached hydrogen (secondary N) is 1. The number of methoxy groups -OCH3 is 1. The number of para-hydroxylation sites is 1. The Kier molecular flexibility index (Phi) is 6.23. The Hall–Kier alpha value is -2.25. The standard InChI is InChI=1S/C20H23F3N2O2/c1-26-19-11-3-2-7-16(19)14-24-25-12-5-4-10-18(25)15-8-6-9-17(13-15)27-20(21,22)23/h2-3,6-9,11,13,18,24H,4-5,10,12,14H2,1H3. The van der Waals surface area contributed by atoms with E-state index in [1.165, 1.54) is 12.1 Å². The maximum Gasteiger partial charge on any atom is 0.573 e. The molecule has 1 unspecified atom stereocenters. The third-order valence-electron chi connectivity index (χ3n) is 4.64. The van der Waals surface area contributed by atoms with Crippen molar-refractivity contribution < 1.29 is 22.6 Å². The molecular weight excluding hydrogens is 357 g/mol. The molecule has 1 aliphatic heterocycles. The van der Waals surface area contributed by atoms with Crippen LogP contribution in [-0.4, -0.2) is 25.0 Å². The van der Waals surface area contributed by atoms with E-state index in [4.69, 9.17) is 4.74 Å². The van der Waals surface area contributed by atoms with Gasteiger partial charge in [-0.3, -0.25) is 5.43 Å². The van der Waals surface area contributed by atoms with Gasteiger partial charge in [0.2, 0.25) is 0 Å². The van der Waals surface area contributed by atoms with Gasteiger partial charge in [0.25, 0.3) is 0 Å². The summed E-state index contributed by atoms with van der Waals surface area (Å²) in [6.07, 6.45) is -1.75. The lowest BCUT2D eigenvalue weighted by Crippen LogP contribution is -2.43. The molecule has 1 aliphatic rings. The summed E-state index contributed by atoms with van der Waals surface area (Å²) < 4.78 is 47.0. The number of hydrogen-bond acceptors (Lipinski definition) is 4. The SMILES string of the molecule is COc1ccccc1CNN1CCCCC1c1cccc(OC(F)(F)F)c1. The molecule has 0 radical (unpaired) electrons. The van der Waals surface area contributed by atoms with E-state index >= 15 is 0 Å². The molecule has 1 saturated heterocycles. The van der Waals surface area contributed by atoms with Crippen molar-refractivity contribution in [3.05, 3.63) is 59.7 Å². The monoisotopic (exact) mass is 380 g/mol. The molecule has 1 atom stereocenters. The first-order valence-electron chi connectivity index (χ1n) is 8.94. The van der Waals surface area contributed by atoms with Crippen molar-refractivity contribution in [1.29, 1.82) is 0 Å². The molecule has 0 spiro atoms. The van der Waals surface area contributed by atoms with Crippen LogP contribution in [0.3, 0.4) is 0 Å². The second-order valence-corrected chi connectivity index (χ2v) is 6.47. The maximum atomic E-state index is 12.5. The number of nitrogens with zero attached hydrogens (tertiary/aromatic N) is 1. The van der Waals surface area contributed by atoms with Crippen LogP contribution in [-0.2, 0) is 6.54 Å². The predicted molar refractivity (Wildman–Crippen MR) is 96.3 cm³/mol. The molecule has 0 saturated carbocycles. The van der Waals surface area contributed by atoms with Gasteiger partial charge in [-0.1, -0.05) is 36.8 Å². The second kappa shape index (κ2) is 8.63. The van der Waals surface area contributed by atoms with Crippen LogP contribution in [0.4, 0.5) is 13.2 Å². The lowest BCUT2D eigenvalue weighted by Gasteiger charge is -2.36. The highest BCUT2D eigenvalue weighted by atomic mass is 19.4. The predicted octanol–water partition coefficient (Wildman–Crippen LogP) is 4.83. The second-order valence-electron chi connectivity index (χ2n) is 6.47. The molecule has 2 aromatic rings. The Morgan fingerprint density at radius 1 is 1.11 bits per heavy atom. The highest BCUT2D eigenvalue weighted by molar-refractivity contribution is 5.33. The zero-order chi connectivity index (χ0) is 19.3. The van der Waals surface area contributed by atoms with Crippen molar-refractivity contribution in [1.82, 2.24) is 10.4 Å². The summed E-state index contributed by atoms with van der Waals surface area (Å²) in [7, 11) is 1.63. The van der Waals surface area contributed by atoms with E-state index in [0.29, 0.717) is 6.54 Å². The summed E-state index contributed by atoms with van der Waals surface area (Å²) >= 11 is 0. The van der Waals surface area contributed by atoms with E-state index in [-0.39, 0.29) is 11.8 Å². The van der Waals surface area contributed by atoms with Gasteiger partial charge < -0.3 is 9.47 Å². The zero-order valence-electron chi connectivity index (χ0n) is 15.1. The number of alkyl halides is 3. The van der Waals surface area contributed by atoms with Gasteiger partial charge >= 0.3 is 6.36 Å². The van der Waals surface area contributed by atoms with Crippen molar-refractivity contribution in [3.63, 3.8) is 0 Å². The minimum atomic E-state index is -4.69. The summed E-state index contributed by atoms with van der Waals surface area (Å²) in [5, 5.41) is 2.10. The third kappa shape index (κ3) is 5.37. The van der Waals surface area contributed by atoms with Gasteiger partial charge in [0.05, 0.1) is 7.11 Å². The van der Waals surface area contributed by atoms with Crippen LogP contribution in [0.15, 0.2) is 48.5 Å². The van der Waals surface area contributed by atoms with Gasteiger partial charge in [-0.25, -0.2) is 5.01 Å². The summed E-state index contributed by atoms with van der Waals surface area (Å²) in [4.78, 5) is 0. The van der Waals surface area contributed by atoms with Crippen LogP contribution < -0.4 is 14.9 Å². The van der Waals surface area contributed by atoms with Crippen molar-refractivity contribution >= 4 is 0 Å². The molecule has 27 heavy (non-hydrogen) atoms. The van der Waals surface area contributed by atoms with Gasteiger partial charge in [0.15, 0.2) is 0 Å². The molecule has 3 rings (SSSR count). The smallest absolute Gasteiger partial charge is 0.496 e. The molecule has 1 N–H and O–H groups in total. The Labute approximate surface area is 156 Å². The van der Waals surface area contributed by atoms with Crippen LogP contribution in [0.1, 0.15) is 36.4 Å². The van der Waals surface area contributed by atoms with Crippen molar-refractivity contribution in [2.75, 3.05) is 13.7 Å². The van der Waals surface area contributed by atoms with Crippen LogP contribution >= 0.6 is 0 Å². The number of hydrogen-bond donors (Lipinski definition) is 1. The minimum absolute atomic E-state index is 0.00904. The first-order valence-corrected chi connectivity index (χ1v) is 8.94. The topological polar surface area (TPSA) is 33.7 Å². The van der Waals surface area contributed by atoms with E-state index in [0.717, 1.165) is 42.7 Å². The average Bonchev–Trinajstić information content (AvgIpc) is 2.65. The lowest BCUT2D eigenvalue weighted by molar-refractivity contribution is -0.274. The summed E-state index contributed by atoms with van der Waals surface area (Å²) in [5.74, 6) is 0.620. The molecule has 0 aromatic heterocycles. The summed E-state index contributed by atoms with van der Waals surface area (Å²) in [6.45, 7) is 1.41. The van der Waals surface area contributed by atoms with Crippen molar-refractivity contribution in [3.8, 4) is 11.5 Å². The normalized spacial score (nSPS) is 18.3. The number of piperidine rings is 1. The van der Waals surface area contributed by atoms with Gasteiger partial charge in [-0.15, -0.1) is 13.2 Å². The van der Waals surface area contributed by atoms with Gasteiger partial charge in [0.1, 0.15) is 11.5 Å². The molecule has 0 amide bonds. The largest absolute Gasteiger partial charge is 0.573 e. The summed E-state index contributed by atoms with van der Waals surface area (Å²) in [6, 6.07) is 14.0. The molecule has 1 heterocycles. The average molecular weight is 380 g/mol. The molecule has 1 fully saturated rings. The Balaban J connectivity index is 1.73. The number of ether oxygens (including phenoxy) is 2. The lowest BCUT2D eigenvalue weighted by atomic mass is 9.96. The fourth-order valence-electron chi connectivity index (χ4n) is 3.42. The van der Waals surface area contributed by atoms with Crippen LogP contribution in [0.5, 0.6) is 11.5 Å². The number of benzene rings is 2. The number of halogens is 3. The van der Waals surface area contributed by atoms with E-state index in [2.05, 4.69) is 15.2 Å². The molecule has 146 valence electrons. The third-order valence-corrected chi connectivity index (χ3v) is 4.64. The first kappa shape index (κ1) is 19.5. The van der Waals surface area contributed by atoms with Crippen molar-refractivity contribution in [2.24, 2.45) is 0 Å². The summed E-state index contributed by atoms with van der Waals surface area (Å²) in [5.41, 5.74) is 5.25. The first-order chi connectivity index (χ1) is 13.0. The molecule has 7 heteroatoms. The highest BCUT2D eigenvalue weighted by Crippen LogP contribution is 2.33. The van der Waals surface area contributed by atoms with Crippen LogP contribution in [0.25, 0.3) is 0 Å².